The van der Waals surface area contributed by atoms with Crippen LogP contribution in [0, 0.1) is 11.3 Å². The minimum Gasteiger partial charge on any atom is -0.324 e. The monoisotopic (exact) mass is 313 g/mol. The standard InChI is InChI=1S/C15H15N5OS/c1-2-20-14(21)10-22-15(20)13-9-19(18-17-13)8-12-5-3-11(7-16)4-6-12/h3-6,9,15H,2,8,10H2,1H3/t15-/m1/s1. The summed E-state index contributed by atoms with van der Waals surface area (Å²) in [6.45, 7) is 3.24. The lowest BCUT2D eigenvalue weighted by Gasteiger charge is -2.19. The van der Waals surface area contributed by atoms with Crippen molar-refractivity contribution in [3.05, 3.63) is 47.3 Å². The quantitative estimate of drug-likeness (QED) is 0.860. The summed E-state index contributed by atoms with van der Waals surface area (Å²) in [5.41, 5.74) is 2.51. The summed E-state index contributed by atoms with van der Waals surface area (Å²) < 4.78 is 1.76. The Hall–Kier alpha value is -2.33. The van der Waals surface area contributed by atoms with Crippen LogP contribution in [0.3, 0.4) is 0 Å². The number of nitriles is 1. The topological polar surface area (TPSA) is 74.8 Å². The van der Waals surface area contributed by atoms with Crippen molar-refractivity contribution in [2.24, 2.45) is 0 Å². The summed E-state index contributed by atoms with van der Waals surface area (Å²) in [7, 11) is 0. The molecule has 1 aromatic heterocycles. The van der Waals surface area contributed by atoms with Crippen LogP contribution in [0.5, 0.6) is 0 Å². The number of thioether (sulfide) groups is 1. The van der Waals surface area contributed by atoms with Gasteiger partial charge in [0.15, 0.2) is 0 Å². The highest BCUT2D eigenvalue weighted by Gasteiger charge is 2.33. The van der Waals surface area contributed by atoms with Crippen molar-refractivity contribution < 1.29 is 4.79 Å². The lowest BCUT2D eigenvalue weighted by molar-refractivity contribution is -0.127. The second-order valence-corrected chi connectivity index (χ2v) is 6.06. The molecule has 1 aliphatic rings. The van der Waals surface area contributed by atoms with Crippen molar-refractivity contribution in [1.29, 1.82) is 5.26 Å². The molecule has 112 valence electrons. The number of aromatic nitrogens is 3. The molecule has 0 N–H and O–H groups in total. The van der Waals surface area contributed by atoms with E-state index in [0.29, 0.717) is 24.4 Å². The molecule has 1 aliphatic heterocycles. The van der Waals surface area contributed by atoms with Gasteiger partial charge in [0.25, 0.3) is 0 Å². The Bertz CT molecular complexity index is 718. The third-order valence-electron chi connectivity index (χ3n) is 3.55. The lowest BCUT2D eigenvalue weighted by Crippen LogP contribution is -2.27. The number of benzene rings is 1. The Morgan fingerprint density at radius 1 is 1.41 bits per heavy atom. The molecule has 7 heteroatoms. The summed E-state index contributed by atoms with van der Waals surface area (Å²) >= 11 is 1.59. The van der Waals surface area contributed by atoms with Crippen molar-refractivity contribution in [3.8, 4) is 6.07 Å². The molecule has 0 saturated carbocycles. The van der Waals surface area contributed by atoms with Crippen LogP contribution in [0.4, 0.5) is 0 Å². The molecule has 0 unspecified atom stereocenters. The third-order valence-corrected chi connectivity index (χ3v) is 4.77. The number of hydrogen-bond acceptors (Lipinski definition) is 5. The summed E-state index contributed by atoms with van der Waals surface area (Å²) in [5.74, 6) is 0.653. The van der Waals surface area contributed by atoms with Gasteiger partial charge in [-0.15, -0.1) is 16.9 Å². The molecule has 3 rings (SSSR count). The fourth-order valence-electron chi connectivity index (χ4n) is 2.42. The average molecular weight is 313 g/mol. The molecule has 22 heavy (non-hydrogen) atoms. The maximum absolute atomic E-state index is 11.8. The lowest BCUT2D eigenvalue weighted by atomic mass is 10.1. The normalized spacial score (nSPS) is 17.7. The van der Waals surface area contributed by atoms with E-state index in [0.717, 1.165) is 11.3 Å². The van der Waals surface area contributed by atoms with Gasteiger partial charge in [0.05, 0.1) is 30.1 Å². The van der Waals surface area contributed by atoms with Crippen LogP contribution >= 0.6 is 11.8 Å². The van der Waals surface area contributed by atoms with E-state index in [2.05, 4.69) is 16.4 Å². The van der Waals surface area contributed by atoms with Gasteiger partial charge in [-0.3, -0.25) is 4.79 Å². The molecule has 0 bridgehead atoms. The number of hydrogen-bond donors (Lipinski definition) is 0. The van der Waals surface area contributed by atoms with E-state index in [-0.39, 0.29) is 11.3 Å². The maximum atomic E-state index is 11.8. The number of amides is 1. The van der Waals surface area contributed by atoms with Gasteiger partial charge in [-0.25, -0.2) is 4.68 Å². The minimum atomic E-state index is -0.0350. The van der Waals surface area contributed by atoms with Crippen LogP contribution in [0.1, 0.15) is 29.1 Å². The number of carbonyl (C=O) groups excluding carboxylic acids is 1. The summed E-state index contributed by atoms with van der Waals surface area (Å²) in [6.07, 6.45) is 1.89. The smallest absolute Gasteiger partial charge is 0.233 e. The highest BCUT2D eigenvalue weighted by Crippen LogP contribution is 2.37. The van der Waals surface area contributed by atoms with E-state index in [4.69, 9.17) is 5.26 Å². The Balaban J connectivity index is 1.73. The van der Waals surface area contributed by atoms with Gasteiger partial charge in [0, 0.05) is 6.54 Å². The first-order valence-corrected chi connectivity index (χ1v) is 8.06. The number of rotatable bonds is 4. The van der Waals surface area contributed by atoms with Crippen LogP contribution < -0.4 is 0 Å². The van der Waals surface area contributed by atoms with Gasteiger partial charge in [-0.2, -0.15) is 5.26 Å². The van der Waals surface area contributed by atoms with E-state index in [9.17, 15) is 4.79 Å². The molecule has 1 atom stereocenters. The average Bonchev–Trinajstić information content (AvgIpc) is 3.14. The van der Waals surface area contributed by atoms with Gasteiger partial charge in [0.2, 0.25) is 5.91 Å². The fraction of sp³-hybridized carbons (Fsp3) is 0.333. The van der Waals surface area contributed by atoms with Gasteiger partial charge in [-0.05, 0) is 24.6 Å². The van der Waals surface area contributed by atoms with E-state index in [1.807, 2.05) is 30.2 Å². The predicted octanol–water partition coefficient (Wildman–Crippen LogP) is 1.79. The van der Waals surface area contributed by atoms with Crippen molar-refractivity contribution in [1.82, 2.24) is 19.9 Å². The van der Waals surface area contributed by atoms with E-state index in [1.54, 1.807) is 28.6 Å². The zero-order chi connectivity index (χ0) is 15.5. The van der Waals surface area contributed by atoms with Gasteiger partial charge in [-0.1, -0.05) is 17.3 Å². The van der Waals surface area contributed by atoms with Gasteiger partial charge >= 0.3 is 0 Å². The molecule has 1 amide bonds. The summed E-state index contributed by atoms with van der Waals surface area (Å²) in [5, 5.41) is 17.1. The molecular weight excluding hydrogens is 298 g/mol. The predicted molar refractivity (Wildman–Crippen MR) is 82.9 cm³/mol. The Labute approximate surface area is 132 Å². The SMILES string of the molecule is CCN1C(=O)CS[C@@H]1c1cn(Cc2ccc(C#N)cc2)nn1. The Morgan fingerprint density at radius 3 is 2.86 bits per heavy atom. The van der Waals surface area contributed by atoms with E-state index >= 15 is 0 Å². The first kappa shape index (κ1) is 14.6. The first-order chi connectivity index (χ1) is 10.7. The second-order valence-electron chi connectivity index (χ2n) is 4.99. The zero-order valence-corrected chi connectivity index (χ0v) is 13.0. The molecule has 1 fully saturated rings. The van der Waals surface area contributed by atoms with Crippen LogP contribution in [-0.4, -0.2) is 38.1 Å². The zero-order valence-electron chi connectivity index (χ0n) is 12.1. The fourth-order valence-corrected chi connectivity index (χ4v) is 3.61. The summed E-state index contributed by atoms with van der Waals surface area (Å²) in [6, 6.07) is 9.50. The van der Waals surface area contributed by atoms with Crippen LogP contribution in [-0.2, 0) is 11.3 Å². The molecule has 2 aromatic rings. The van der Waals surface area contributed by atoms with Crippen molar-refractivity contribution >= 4 is 17.7 Å². The highest BCUT2D eigenvalue weighted by atomic mass is 32.2. The van der Waals surface area contributed by atoms with Crippen LogP contribution in [0.2, 0.25) is 0 Å². The van der Waals surface area contributed by atoms with E-state index in [1.165, 1.54) is 0 Å². The molecule has 6 nitrogen and oxygen atoms in total. The minimum absolute atomic E-state index is 0.0350. The highest BCUT2D eigenvalue weighted by molar-refractivity contribution is 8.00. The summed E-state index contributed by atoms with van der Waals surface area (Å²) in [4.78, 5) is 13.6. The van der Waals surface area contributed by atoms with Crippen molar-refractivity contribution in [3.63, 3.8) is 0 Å². The van der Waals surface area contributed by atoms with Crippen molar-refractivity contribution in [2.45, 2.75) is 18.8 Å². The van der Waals surface area contributed by atoms with Crippen LogP contribution in [0.25, 0.3) is 0 Å². The molecule has 1 aromatic carbocycles. The molecule has 0 aliphatic carbocycles. The Kier molecular flexibility index (Phi) is 4.11. The van der Waals surface area contributed by atoms with Gasteiger partial charge in [0.1, 0.15) is 11.1 Å². The molecular formula is C15H15N5OS. The first-order valence-electron chi connectivity index (χ1n) is 7.01. The maximum Gasteiger partial charge on any atom is 0.233 e. The number of carbonyl (C=O) groups is 1. The van der Waals surface area contributed by atoms with Crippen LogP contribution in [0.15, 0.2) is 30.5 Å². The number of nitrogens with zero attached hydrogens (tertiary/aromatic N) is 5. The van der Waals surface area contributed by atoms with Crippen molar-refractivity contribution in [2.75, 3.05) is 12.3 Å². The Morgan fingerprint density at radius 2 is 2.18 bits per heavy atom. The van der Waals surface area contributed by atoms with Gasteiger partial charge < -0.3 is 4.90 Å². The van der Waals surface area contributed by atoms with E-state index < -0.39 is 0 Å². The third kappa shape index (κ3) is 2.83. The second kappa shape index (κ2) is 6.20. The molecule has 0 radical (unpaired) electrons. The molecule has 2 heterocycles. The molecule has 0 spiro atoms. The molecule has 1 saturated heterocycles. The largest absolute Gasteiger partial charge is 0.324 e.